The number of hydrogen-bond donors (Lipinski definition) is 0. The standard InChI is InChI=1S/C27H28N2O3S2/c1-4-31-20-12-10-19(11-13-20)29-25(30)23-21-16-27(2,3)32-17-22(21)34-24(23)28-26(29)33-15-14-18-8-6-5-7-9-18/h5-13H,4,14-17H2,1-3H3. The van der Waals surface area contributed by atoms with Gasteiger partial charge in [-0.25, -0.2) is 4.98 Å². The number of hydrogen-bond acceptors (Lipinski definition) is 6. The van der Waals surface area contributed by atoms with E-state index in [0.717, 1.165) is 49.4 Å². The van der Waals surface area contributed by atoms with Crippen molar-refractivity contribution in [2.24, 2.45) is 0 Å². The number of nitrogens with zero attached hydrogens (tertiary/aromatic N) is 2. The van der Waals surface area contributed by atoms with Crippen molar-refractivity contribution >= 4 is 33.3 Å². The van der Waals surface area contributed by atoms with E-state index >= 15 is 0 Å². The Bertz CT molecular complexity index is 1360. The molecule has 2 aromatic carbocycles. The minimum Gasteiger partial charge on any atom is -0.494 e. The van der Waals surface area contributed by atoms with Crippen molar-refractivity contribution in [3.63, 3.8) is 0 Å². The fraction of sp³-hybridized carbons (Fsp3) is 0.333. The van der Waals surface area contributed by atoms with Gasteiger partial charge in [0.25, 0.3) is 5.56 Å². The molecule has 0 radical (unpaired) electrons. The van der Waals surface area contributed by atoms with Crippen molar-refractivity contribution in [1.29, 1.82) is 0 Å². The first-order chi connectivity index (χ1) is 16.4. The zero-order chi connectivity index (χ0) is 23.7. The number of fused-ring (bicyclic) bond motifs is 3. The average molecular weight is 493 g/mol. The summed E-state index contributed by atoms with van der Waals surface area (Å²) in [6.07, 6.45) is 1.62. The van der Waals surface area contributed by atoms with Crippen LogP contribution in [0, 0.1) is 0 Å². The third kappa shape index (κ3) is 4.65. The molecule has 3 heterocycles. The minimum atomic E-state index is -0.291. The largest absolute Gasteiger partial charge is 0.494 e. The van der Waals surface area contributed by atoms with E-state index < -0.39 is 0 Å². The van der Waals surface area contributed by atoms with Gasteiger partial charge in [-0.3, -0.25) is 9.36 Å². The second-order valence-electron chi connectivity index (χ2n) is 8.96. The van der Waals surface area contributed by atoms with Gasteiger partial charge in [0.2, 0.25) is 0 Å². The van der Waals surface area contributed by atoms with Crippen LogP contribution in [0.4, 0.5) is 0 Å². The normalized spacial score (nSPS) is 14.8. The van der Waals surface area contributed by atoms with Crippen LogP contribution in [-0.2, 0) is 24.2 Å². The van der Waals surface area contributed by atoms with Gasteiger partial charge in [0, 0.05) is 17.1 Å². The average Bonchev–Trinajstić information content (AvgIpc) is 3.17. The summed E-state index contributed by atoms with van der Waals surface area (Å²) in [7, 11) is 0. The number of aryl methyl sites for hydroxylation is 1. The third-order valence-corrected chi connectivity index (χ3v) is 7.98. The summed E-state index contributed by atoms with van der Waals surface area (Å²) < 4.78 is 13.4. The number of thiophene rings is 1. The second-order valence-corrected chi connectivity index (χ2v) is 11.1. The molecule has 4 aromatic rings. The monoisotopic (exact) mass is 492 g/mol. The highest BCUT2D eigenvalue weighted by molar-refractivity contribution is 7.99. The van der Waals surface area contributed by atoms with Gasteiger partial charge in [0.1, 0.15) is 10.6 Å². The molecule has 7 heteroatoms. The molecule has 0 spiro atoms. The minimum absolute atomic E-state index is 0.00780. The Morgan fingerprint density at radius 3 is 2.65 bits per heavy atom. The lowest BCUT2D eigenvalue weighted by Crippen LogP contribution is -2.32. The first kappa shape index (κ1) is 23.1. The van der Waals surface area contributed by atoms with Gasteiger partial charge in [-0.2, -0.15) is 0 Å². The smallest absolute Gasteiger partial charge is 0.267 e. The fourth-order valence-electron chi connectivity index (χ4n) is 4.26. The van der Waals surface area contributed by atoms with E-state index in [9.17, 15) is 4.79 Å². The zero-order valence-corrected chi connectivity index (χ0v) is 21.3. The van der Waals surface area contributed by atoms with Crippen molar-refractivity contribution in [2.75, 3.05) is 12.4 Å². The molecule has 34 heavy (non-hydrogen) atoms. The number of rotatable bonds is 7. The molecule has 0 saturated carbocycles. The maximum absolute atomic E-state index is 14.0. The van der Waals surface area contributed by atoms with Crippen molar-refractivity contribution in [1.82, 2.24) is 9.55 Å². The predicted octanol–water partition coefficient (Wildman–Crippen LogP) is 6.03. The Morgan fingerprint density at radius 2 is 1.91 bits per heavy atom. The summed E-state index contributed by atoms with van der Waals surface area (Å²) in [5, 5.41) is 1.45. The molecule has 0 bridgehead atoms. The Hall–Kier alpha value is -2.61. The molecular formula is C27H28N2O3S2. The summed E-state index contributed by atoms with van der Waals surface area (Å²) >= 11 is 3.21. The first-order valence-corrected chi connectivity index (χ1v) is 13.4. The SMILES string of the molecule is CCOc1ccc(-n2c(SCCc3ccccc3)nc3sc4c(c3c2=O)CC(C)(C)OC4)cc1. The van der Waals surface area contributed by atoms with Gasteiger partial charge in [-0.15, -0.1) is 11.3 Å². The summed E-state index contributed by atoms with van der Waals surface area (Å²) in [5.41, 5.74) is 2.87. The van der Waals surface area contributed by atoms with Gasteiger partial charge in [-0.05, 0) is 62.6 Å². The molecule has 2 aromatic heterocycles. The van der Waals surface area contributed by atoms with Gasteiger partial charge in [-0.1, -0.05) is 42.1 Å². The quantitative estimate of drug-likeness (QED) is 0.233. The van der Waals surface area contributed by atoms with Gasteiger partial charge in [0.05, 0.1) is 29.9 Å². The van der Waals surface area contributed by atoms with Crippen LogP contribution in [0.15, 0.2) is 64.5 Å². The van der Waals surface area contributed by atoms with E-state index in [4.69, 9.17) is 14.5 Å². The second kappa shape index (κ2) is 9.56. The number of benzene rings is 2. The Kier molecular flexibility index (Phi) is 6.51. The zero-order valence-electron chi connectivity index (χ0n) is 19.7. The fourth-order valence-corrected chi connectivity index (χ4v) is 6.41. The van der Waals surface area contributed by atoms with Crippen LogP contribution in [0.5, 0.6) is 5.75 Å². The number of aromatic nitrogens is 2. The summed E-state index contributed by atoms with van der Waals surface area (Å²) in [6, 6.07) is 18.1. The van der Waals surface area contributed by atoms with E-state index in [1.807, 2.05) is 37.3 Å². The molecule has 1 aliphatic heterocycles. The lowest BCUT2D eigenvalue weighted by Gasteiger charge is -2.29. The number of ether oxygens (including phenoxy) is 2. The van der Waals surface area contributed by atoms with Gasteiger partial charge >= 0.3 is 0 Å². The molecule has 0 unspecified atom stereocenters. The van der Waals surface area contributed by atoms with Crippen LogP contribution in [0.2, 0.25) is 0 Å². The first-order valence-electron chi connectivity index (χ1n) is 11.6. The van der Waals surface area contributed by atoms with E-state index in [2.05, 4.69) is 38.1 Å². The number of thioether (sulfide) groups is 1. The highest BCUT2D eigenvalue weighted by atomic mass is 32.2. The lowest BCUT2D eigenvalue weighted by molar-refractivity contribution is -0.0379. The highest BCUT2D eigenvalue weighted by Gasteiger charge is 2.31. The molecular weight excluding hydrogens is 464 g/mol. The summed E-state index contributed by atoms with van der Waals surface area (Å²) in [4.78, 5) is 20.9. The Balaban J connectivity index is 1.58. The van der Waals surface area contributed by atoms with E-state index in [0.29, 0.717) is 19.6 Å². The molecule has 1 aliphatic rings. The van der Waals surface area contributed by atoms with Crippen molar-refractivity contribution < 1.29 is 9.47 Å². The molecule has 0 N–H and O–H groups in total. The van der Waals surface area contributed by atoms with Crippen LogP contribution in [0.25, 0.3) is 15.9 Å². The van der Waals surface area contributed by atoms with E-state index in [1.54, 1.807) is 27.7 Å². The third-order valence-electron chi connectivity index (χ3n) is 5.94. The van der Waals surface area contributed by atoms with Gasteiger partial charge in [0.15, 0.2) is 5.16 Å². The molecule has 0 aliphatic carbocycles. The van der Waals surface area contributed by atoms with Crippen molar-refractivity contribution in [3.05, 3.63) is 81.0 Å². The van der Waals surface area contributed by atoms with E-state index in [1.165, 1.54) is 5.56 Å². The van der Waals surface area contributed by atoms with Gasteiger partial charge < -0.3 is 9.47 Å². The molecule has 0 saturated heterocycles. The van der Waals surface area contributed by atoms with Crippen molar-refractivity contribution in [2.45, 2.75) is 51.0 Å². The van der Waals surface area contributed by atoms with Crippen LogP contribution in [0.3, 0.4) is 0 Å². The maximum Gasteiger partial charge on any atom is 0.267 e. The molecule has 0 atom stereocenters. The Labute approximate surface area is 207 Å². The van der Waals surface area contributed by atoms with Crippen LogP contribution in [-0.4, -0.2) is 27.5 Å². The topological polar surface area (TPSA) is 53.4 Å². The van der Waals surface area contributed by atoms with Crippen LogP contribution >= 0.6 is 23.1 Å². The van der Waals surface area contributed by atoms with Crippen LogP contribution < -0.4 is 10.3 Å². The summed E-state index contributed by atoms with van der Waals surface area (Å²) in [5.74, 6) is 1.62. The highest BCUT2D eigenvalue weighted by Crippen LogP contribution is 2.38. The molecule has 0 fully saturated rings. The predicted molar refractivity (Wildman–Crippen MR) is 140 cm³/mol. The molecule has 176 valence electrons. The van der Waals surface area contributed by atoms with Crippen molar-refractivity contribution in [3.8, 4) is 11.4 Å². The lowest BCUT2D eigenvalue weighted by atomic mass is 9.94. The van der Waals surface area contributed by atoms with Crippen LogP contribution in [0.1, 0.15) is 36.8 Å². The molecule has 5 rings (SSSR count). The Morgan fingerprint density at radius 1 is 1.15 bits per heavy atom. The summed E-state index contributed by atoms with van der Waals surface area (Å²) in [6.45, 7) is 7.24. The molecule has 0 amide bonds. The van der Waals surface area contributed by atoms with E-state index in [-0.39, 0.29) is 11.2 Å². The maximum atomic E-state index is 14.0. The molecule has 5 nitrogen and oxygen atoms in total.